The zero-order valence-electron chi connectivity index (χ0n) is 15.6. The molecule has 0 aliphatic carbocycles. The second-order valence-electron chi connectivity index (χ2n) is 5.78. The molecule has 0 aliphatic rings. The Morgan fingerprint density at radius 3 is 2.31 bits per heavy atom. The highest BCUT2D eigenvalue weighted by Crippen LogP contribution is 2.60. The van der Waals surface area contributed by atoms with E-state index in [4.69, 9.17) is 13.8 Å². The van der Waals surface area contributed by atoms with Gasteiger partial charge in [-0.15, -0.1) is 0 Å². The van der Waals surface area contributed by atoms with Gasteiger partial charge in [-0.2, -0.15) is 0 Å². The van der Waals surface area contributed by atoms with Crippen molar-refractivity contribution in [1.82, 2.24) is 4.98 Å². The summed E-state index contributed by atoms with van der Waals surface area (Å²) in [7, 11) is -3.71. The average Bonchev–Trinajstić information content (AvgIpc) is 2.62. The van der Waals surface area contributed by atoms with Gasteiger partial charge in [0.1, 0.15) is 12.4 Å². The highest BCUT2D eigenvalue weighted by molar-refractivity contribution is 7.54. The third kappa shape index (κ3) is 4.71. The van der Waals surface area contributed by atoms with Crippen molar-refractivity contribution in [2.75, 3.05) is 13.2 Å². The van der Waals surface area contributed by atoms with E-state index < -0.39 is 13.4 Å². The van der Waals surface area contributed by atoms with Crippen molar-refractivity contribution in [3.8, 4) is 5.75 Å². The molecule has 6 nitrogen and oxygen atoms in total. The number of aliphatic hydroxyl groups is 1. The van der Waals surface area contributed by atoms with Gasteiger partial charge in [0.25, 0.3) is 0 Å². The number of benzene rings is 1. The zero-order valence-corrected chi connectivity index (χ0v) is 16.5. The van der Waals surface area contributed by atoms with E-state index in [-0.39, 0.29) is 13.2 Å². The molecular weight excluding hydrogens is 353 g/mol. The van der Waals surface area contributed by atoms with Crippen LogP contribution in [0.2, 0.25) is 0 Å². The van der Waals surface area contributed by atoms with E-state index in [1.165, 1.54) is 6.20 Å². The van der Waals surface area contributed by atoms with Crippen molar-refractivity contribution in [3.63, 3.8) is 0 Å². The quantitative estimate of drug-likeness (QED) is 0.645. The lowest BCUT2D eigenvalue weighted by Crippen LogP contribution is -2.10. The van der Waals surface area contributed by atoms with Crippen LogP contribution in [0.3, 0.4) is 0 Å². The number of hydrogen-bond donors (Lipinski definition) is 1. The maximum Gasteiger partial charge on any atom is 0.363 e. The van der Waals surface area contributed by atoms with E-state index in [0.29, 0.717) is 29.2 Å². The van der Waals surface area contributed by atoms with Crippen molar-refractivity contribution in [2.24, 2.45) is 0 Å². The molecule has 1 N–H and O–H groups in total. The third-order valence-corrected chi connectivity index (χ3v) is 6.03. The summed E-state index contributed by atoms with van der Waals surface area (Å²) >= 11 is 0. The Hall–Kier alpha value is -1.72. The van der Waals surface area contributed by atoms with Gasteiger partial charge in [0.15, 0.2) is 5.85 Å². The van der Waals surface area contributed by atoms with E-state index in [2.05, 4.69) is 4.98 Å². The van der Waals surface area contributed by atoms with Crippen LogP contribution in [0.15, 0.2) is 36.5 Å². The smallest absolute Gasteiger partial charge is 0.363 e. The van der Waals surface area contributed by atoms with Crippen LogP contribution in [0.1, 0.15) is 42.1 Å². The van der Waals surface area contributed by atoms with Crippen molar-refractivity contribution in [2.45, 2.75) is 40.1 Å². The summed E-state index contributed by atoms with van der Waals surface area (Å²) in [4.78, 5) is 4.29. The first-order chi connectivity index (χ1) is 12.4. The molecule has 0 amide bonds. The minimum atomic E-state index is -3.71. The Bertz CT molecular complexity index is 756. The van der Waals surface area contributed by atoms with Gasteiger partial charge >= 0.3 is 7.60 Å². The molecule has 1 aromatic carbocycles. The summed E-state index contributed by atoms with van der Waals surface area (Å²) < 4.78 is 29.3. The van der Waals surface area contributed by atoms with Crippen molar-refractivity contribution in [3.05, 3.63) is 58.9 Å². The van der Waals surface area contributed by atoms with Crippen molar-refractivity contribution < 1.29 is 23.5 Å². The number of hydrogen-bond acceptors (Lipinski definition) is 6. The summed E-state index contributed by atoms with van der Waals surface area (Å²) in [6.07, 6.45) is 1.50. The lowest BCUT2D eigenvalue weighted by molar-refractivity contribution is 0.149. The summed E-state index contributed by atoms with van der Waals surface area (Å²) in [6, 6.07) is 9.76. The summed E-state index contributed by atoms with van der Waals surface area (Å²) in [5.41, 5.74) is 2.76. The number of aryl methyl sites for hydroxylation is 1. The molecule has 1 atom stereocenters. The van der Waals surface area contributed by atoms with E-state index in [0.717, 1.165) is 5.56 Å². The van der Waals surface area contributed by atoms with Crippen molar-refractivity contribution in [1.29, 1.82) is 0 Å². The second kappa shape index (κ2) is 9.28. The molecule has 0 spiro atoms. The van der Waals surface area contributed by atoms with Crippen LogP contribution in [0, 0.1) is 13.8 Å². The van der Waals surface area contributed by atoms with Gasteiger partial charge in [0, 0.05) is 17.3 Å². The van der Waals surface area contributed by atoms with Gasteiger partial charge in [0.2, 0.25) is 0 Å². The molecule has 2 rings (SSSR count). The predicted molar refractivity (Wildman–Crippen MR) is 100 cm³/mol. The van der Waals surface area contributed by atoms with Gasteiger partial charge in [0.05, 0.1) is 18.9 Å². The lowest BCUT2D eigenvalue weighted by Gasteiger charge is -2.24. The number of pyridine rings is 1. The molecule has 1 aromatic heterocycles. The Morgan fingerprint density at radius 2 is 1.73 bits per heavy atom. The van der Waals surface area contributed by atoms with Crippen LogP contribution in [-0.2, 0) is 20.2 Å². The first-order valence-electron chi connectivity index (χ1n) is 8.62. The average molecular weight is 379 g/mol. The Labute approximate surface area is 154 Å². The number of rotatable bonds is 9. The minimum absolute atomic E-state index is 0.171. The molecule has 0 fully saturated rings. The van der Waals surface area contributed by atoms with E-state index in [1.807, 2.05) is 37.3 Å². The Morgan fingerprint density at radius 1 is 1.12 bits per heavy atom. The van der Waals surface area contributed by atoms with E-state index >= 15 is 0 Å². The molecule has 0 saturated heterocycles. The first kappa shape index (κ1) is 20.6. The van der Waals surface area contributed by atoms with Gasteiger partial charge < -0.3 is 18.9 Å². The van der Waals surface area contributed by atoms with E-state index in [9.17, 15) is 9.67 Å². The lowest BCUT2D eigenvalue weighted by atomic mass is 10.1. The van der Waals surface area contributed by atoms with Gasteiger partial charge in [-0.25, -0.2) is 0 Å². The predicted octanol–water partition coefficient (Wildman–Crippen LogP) is 4.53. The molecule has 1 unspecified atom stereocenters. The van der Waals surface area contributed by atoms with Crippen LogP contribution in [0.4, 0.5) is 0 Å². The SMILES string of the molecule is CCOP(=O)(OCC)C(O)c1cnc(C)c(OCc2ccccc2)c1C. The van der Waals surface area contributed by atoms with Crippen molar-refractivity contribution >= 4 is 7.60 Å². The van der Waals surface area contributed by atoms with Gasteiger partial charge in [-0.05, 0) is 33.3 Å². The molecule has 7 heteroatoms. The molecule has 2 aromatic rings. The standard InChI is InChI=1S/C19H26NO5P/c1-5-24-26(22,25-6-2)19(21)17-12-20-15(4)18(14(17)3)23-13-16-10-8-7-9-11-16/h7-12,19,21H,5-6,13H2,1-4H3. The molecule has 0 bridgehead atoms. The molecular formula is C19H26NO5P. The van der Waals surface area contributed by atoms with Gasteiger partial charge in [-0.3, -0.25) is 9.55 Å². The fraction of sp³-hybridized carbons (Fsp3) is 0.421. The maximum absolute atomic E-state index is 12.9. The molecule has 0 aliphatic heterocycles. The second-order valence-corrected chi connectivity index (χ2v) is 7.86. The van der Waals surface area contributed by atoms with Crippen LogP contribution in [0.5, 0.6) is 5.75 Å². The third-order valence-electron chi connectivity index (χ3n) is 3.92. The Balaban J connectivity index is 2.31. The normalized spacial score (nSPS) is 12.8. The molecule has 1 heterocycles. The van der Waals surface area contributed by atoms with Gasteiger partial charge in [-0.1, -0.05) is 30.3 Å². The number of aliphatic hydroxyl groups excluding tert-OH is 1. The largest absolute Gasteiger partial charge is 0.487 e. The maximum atomic E-state index is 12.9. The summed E-state index contributed by atoms with van der Waals surface area (Å²) in [6.45, 7) is 7.75. The topological polar surface area (TPSA) is 77.9 Å². The van der Waals surface area contributed by atoms with Crippen LogP contribution >= 0.6 is 7.60 Å². The number of aromatic nitrogens is 1. The highest BCUT2D eigenvalue weighted by atomic mass is 31.2. The van der Waals surface area contributed by atoms with Crippen LogP contribution in [0.25, 0.3) is 0 Å². The number of nitrogens with zero attached hydrogens (tertiary/aromatic N) is 1. The monoisotopic (exact) mass is 379 g/mol. The number of ether oxygens (including phenoxy) is 1. The fourth-order valence-corrected chi connectivity index (χ4v) is 4.31. The highest BCUT2D eigenvalue weighted by Gasteiger charge is 2.37. The summed E-state index contributed by atoms with van der Waals surface area (Å²) in [5, 5.41) is 10.7. The molecule has 26 heavy (non-hydrogen) atoms. The fourth-order valence-electron chi connectivity index (χ4n) is 2.64. The molecule has 0 radical (unpaired) electrons. The first-order valence-corrected chi connectivity index (χ1v) is 10.2. The molecule has 0 saturated carbocycles. The molecule has 142 valence electrons. The summed E-state index contributed by atoms with van der Waals surface area (Å²) in [5.74, 6) is -0.862. The Kier molecular flexibility index (Phi) is 7.35. The van der Waals surface area contributed by atoms with Crippen LogP contribution < -0.4 is 4.74 Å². The van der Waals surface area contributed by atoms with E-state index in [1.54, 1.807) is 20.8 Å². The van der Waals surface area contributed by atoms with Crippen LogP contribution in [-0.4, -0.2) is 23.3 Å². The minimum Gasteiger partial charge on any atom is -0.487 e. The zero-order chi connectivity index (χ0) is 19.2.